The predicted octanol–water partition coefficient (Wildman–Crippen LogP) is 1.52. The maximum Gasteiger partial charge on any atom is 0.338 e. The Kier molecular flexibility index (Phi) is 7.29. The Bertz CT molecular complexity index is 443. The van der Waals surface area contributed by atoms with E-state index in [1.807, 2.05) is 0 Å². The van der Waals surface area contributed by atoms with Gasteiger partial charge >= 0.3 is 17.9 Å². The van der Waals surface area contributed by atoms with Gasteiger partial charge in [0.1, 0.15) is 0 Å². The highest BCUT2D eigenvalue weighted by Gasteiger charge is 2.16. The lowest BCUT2D eigenvalue weighted by Gasteiger charge is -2.04. The largest absolute Gasteiger partial charge is 0.478 e. The number of carbonyl (C=O) groups excluding carboxylic acids is 2. The number of ether oxygens (including phenoxy) is 2. The number of benzene rings is 1. The number of aliphatic carboxylic acids is 1. The Morgan fingerprint density at radius 2 is 1.37 bits per heavy atom. The molecule has 0 amide bonds. The van der Waals surface area contributed by atoms with Gasteiger partial charge < -0.3 is 14.6 Å². The molecule has 0 saturated heterocycles. The van der Waals surface area contributed by atoms with Gasteiger partial charge in [0, 0.05) is 6.08 Å². The minimum Gasteiger partial charge on any atom is -0.478 e. The van der Waals surface area contributed by atoms with E-state index < -0.39 is 17.9 Å². The van der Waals surface area contributed by atoms with Crippen molar-refractivity contribution < 1.29 is 29.0 Å². The normalized spacial score (nSPS) is 8.53. The van der Waals surface area contributed by atoms with Crippen LogP contribution in [-0.4, -0.2) is 37.2 Å². The Morgan fingerprint density at radius 1 is 1.05 bits per heavy atom. The molecule has 0 atom stereocenters. The average molecular weight is 266 g/mol. The van der Waals surface area contributed by atoms with Gasteiger partial charge in [0.25, 0.3) is 0 Å². The summed E-state index contributed by atoms with van der Waals surface area (Å²) >= 11 is 0. The summed E-state index contributed by atoms with van der Waals surface area (Å²) in [5.41, 5.74) is 0.420. The quantitative estimate of drug-likeness (QED) is 0.659. The molecule has 0 aliphatic rings. The van der Waals surface area contributed by atoms with E-state index >= 15 is 0 Å². The van der Waals surface area contributed by atoms with Gasteiger partial charge in [0.15, 0.2) is 0 Å². The zero-order valence-electron chi connectivity index (χ0n) is 10.6. The van der Waals surface area contributed by atoms with E-state index in [1.54, 1.807) is 12.1 Å². The first-order valence-corrected chi connectivity index (χ1v) is 5.08. The highest BCUT2D eigenvalue weighted by atomic mass is 16.5. The van der Waals surface area contributed by atoms with E-state index in [9.17, 15) is 14.4 Å². The first kappa shape index (κ1) is 16.4. The van der Waals surface area contributed by atoms with Crippen molar-refractivity contribution in [3.05, 3.63) is 48.0 Å². The fourth-order valence-electron chi connectivity index (χ4n) is 1.06. The molecule has 1 N–H and O–H groups in total. The van der Waals surface area contributed by atoms with Crippen molar-refractivity contribution in [3.63, 3.8) is 0 Å². The van der Waals surface area contributed by atoms with Crippen LogP contribution in [0, 0.1) is 0 Å². The van der Waals surface area contributed by atoms with E-state index in [-0.39, 0.29) is 11.1 Å². The van der Waals surface area contributed by atoms with Gasteiger partial charge in [-0.1, -0.05) is 18.7 Å². The van der Waals surface area contributed by atoms with Gasteiger partial charge in [-0.15, -0.1) is 0 Å². The summed E-state index contributed by atoms with van der Waals surface area (Å²) in [5.74, 6) is -2.08. The highest BCUT2D eigenvalue weighted by Crippen LogP contribution is 2.10. The molecule has 1 aromatic carbocycles. The maximum atomic E-state index is 11.2. The third-order valence-corrected chi connectivity index (χ3v) is 1.91. The second kappa shape index (κ2) is 8.46. The van der Waals surface area contributed by atoms with Gasteiger partial charge in [-0.25, -0.2) is 14.4 Å². The summed E-state index contributed by atoms with van der Waals surface area (Å²) in [7, 11) is 2.52. The molecule has 6 heteroatoms. The van der Waals surface area contributed by atoms with Crippen LogP contribution in [0.4, 0.5) is 0 Å². The molecule has 0 fully saturated rings. The Balaban J connectivity index is 0.000000555. The van der Waals surface area contributed by atoms with E-state index in [1.165, 1.54) is 26.4 Å². The summed E-state index contributed by atoms with van der Waals surface area (Å²) in [6.45, 7) is 2.96. The number of esters is 2. The molecular weight excluding hydrogens is 252 g/mol. The van der Waals surface area contributed by atoms with Crippen LogP contribution in [-0.2, 0) is 14.3 Å². The van der Waals surface area contributed by atoms with Crippen LogP contribution in [0.25, 0.3) is 0 Å². The molecule has 0 heterocycles. The van der Waals surface area contributed by atoms with Gasteiger partial charge in [-0.05, 0) is 12.1 Å². The van der Waals surface area contributed by atoms with Gasteiger partial charge in [0.05, 0.1) is 25.3 Å². The number of carboxylic acids is 1. The molecule has 0 bridgehead atoms. The zero-order chi connectivity index (χ0) is 14.8. The molecule has 19 heavy (non-hydrogen) atoms. The molecule has 0 radical (unpaired) electrons. The molecule has 0 spiro atoms. The van der Waals surface area contributed by atoms with Crippen molar-refractivity contribution in [2.24, 2.45) is 0 Å². The highest BCUT2D eigenvalue weighted by molar-refractivity contribution is 6.03. The SMILES string of the molecule is C=CC(=O)O.COC(=O)c1ccccc1C(=O)OC. The number of rotatable bonds is 3. The van der Waals surface area contributed by atoms with Crippen molar-refractivity contribution >= 4 is 17.9 Å². The molecule has 1 rings (SSSR count). The molecule has 0 aromatic heterocycles. The second-order valence-electron chi connectivity index (χ2n) is 3.07. The fraction of sp³-hybridized carbons (Fsp3) is 0.154. The lowest BCUT2D eigenvalue weighted by atomic mass is 10.1. The first-order chi connectivity index (χ1) is 8.97. The summed E-state index contributed by atoms with van der Waals surface area (Å²) in [5, 5.41) is 7.60. The van der Waals surface area contributed by atoms with Crippen LogP contribution in [0.3, 0.4) is 0 Å². The van der Waals surface area contributed by atoms with Crippen LogP contribution in [0.1, 0.15) is 20.7 Å². The van der Waals surface area contributed by atoms with Crippen LogP contribution in [0.2, 0.25) is 0 Å². The van der Waals surface area contributed by atoms with Crippen molar-refractivity contribution in [1.82, 2.24) is 0 Å². The summed E-state index contributed by atoms with van der Waals surface area (Å²) in [6, 6.07) is 6.33. The Hall–Kier alpha value is -2.63. The zero-order valence-corrected chi connectivity index (χ0v) is 10.6. The van der Waals surface area contributed by atoms with Crippen LogP contribution in [0.5, 0.6) is 0 Å². The number of carbonyl (C=O) groups is 3. The van der Waals surface area contributed by atoms with E-state index in [4.69, 9.17) is 5.11 Å². The molecule has 0 aliphatic heterocycles. The standard InChI is InChI=1S/C10H10O4.C3H4O2/c1-13-9(11)7-5-3-4-6-8(7)10(12)14-2;1-2-3(4)5/h3-6H,1-2H3;2H,1H2,(H,4,5). The molecule has 6 nitrogen and oxygen atoms in total. The van der Waals surface area contributed by atoms with Crippen molar-refractivity contribution in [3.8, 4) is 0 Å². The summed E-state index contributed by atoms with van der Waals surface area (Å²) in [4.78, 5) is 31.7. The monoisotopic (exact) mass is 266 g/mol. The predicted molar refractivity (Wildman–Crippen MR) is 67.0 cm³/mol. The Labute approximate surface area is 110 Å². The second-order valence-corrected chi connectivity index (χ2v) is 3.07. The number of hydrogen-bond donors (Lipinski definition) is 1. The van der Waals surface area contributed by atoms with Crippen LogP contribution in [0.15, 0.2) is 36.9 Å². The molecule has 1 aromatic rings. The third-order valence-electron chi connectivity index (χ3n) is 1.91. The maximum absolute atomic E-state index is 11.2. The topological polar surface area (TPSA) is 89.9 Å². The smallest absolute Gasteiger partial charge is 0.338 e. The van der Waals surface area contributed by atoms with E-state index in [0.717, 1.165) is 6.08 Å². The summed E-state index contributed by atoms with van der Waals surface area (Å²) < 4.78 is 9.05. The van der Waals surface area contributed by atoms with E-state index in [0.29, 0.717) is 0 Å². The number of carboxylic acid groups (broad SMARTS) is 1. The number of hydrogen-bond acceptors (Lipinski definition) is 5. The van der Waals surface area contributed by atoms with Crippen LogP contribution < -0.4 is 0 Å². The van der Waals surface area contributed by atoms with Crippen LogP contribution >= 0.6 is 0 Å². The van der Waals surface area contributed by atoms with Gasteiger partial charge in [-0.3, -0.25) is 0 Å². The minimum absolute atomic E-state index is 0.210. The third kappa shape index (κ3) is 5.49. The number of methoxy groups -OCH3 is 2. The minimum atomic E-state index is -0.981. The first-order valence-electron chi connectivity index (χ1n) is 5.08. The summed E-state index contributed by atoms with van der Waals surface area (Å²) in [6.07, 6.45) is 0.833. The van der Waals surface area contributed by atoms with Gasteiger partial charge in [-0.2, -0.15) is 0 Å². The lowest BCUT2D eigenvalue weighted by molar-refractivity contribution is -0.131. The van der Waals surface area contributed by atoms with Crippen molar-refractivity contribution in [2.45, 2.75) is 0 Å². The van der Waals surface area contributed by atoms with Gasteiger partial charge in [0.2, 0.25) is 0 Å². The van der Waals surface area contributed by atoms with Crippen molar-refractivity contribution in [2.75, 3.05) is 14.2 Å². The average Bonchev–Trinajstić information content (AvgIpc) is 2.46. The Morgan fingerprint density at radius 3 is 1.58 bits per heavy atom. The molecular formula is C13H14O6. The van der Waals surface area contributed by atoms with E-state index in [2.05, 4.69) is 16.1 Å². The fourth-order valence-corrected chi connectivity index (χ4v) is 1.06. The lowest BCUT2D eigenvalue weighted by Crippen LogP contribution is -2.11. The molecule has 102 valence electrons. The molecule has 0 unspecified atom stereocenters. The van der Waals surface area contributed by atoms with Crippen molar-refractivity contribution in [1.29, 1.82) is 0 Å². The molecule has 0 aliphatic carbocycles. The molecule has 0 saturated carbocycles.